The van der Waals surface area contributed by atoms with E-state index >= 15 is 0 Å². The van der Waals surface area contributed by atoms with Crippen LogP contribution in [0.25, 0.3) is 0 Å². The molecule has 3 heteroatoms. The van der Waals surface area contributed by atoms with Crippen LogP contribution in [0.2, 0.25) is 0 Å². The monoisotopic (exact) mass is 228 g/mol. The fraction of sp³-hybridized carbons (Fsp3) is 1.00. The standard InChI is InChI=1S/C13H28N2O/c1-12(2,6-9-16-5)10-15-8-7-14-13(3,4)11-15/h14H,6-11H2,1-5H3. The third-order valence-electron chi connectivity index (χ3n) is 3.29. The number of hydrogen-bond acceptors (Lipinski definition) is 3. The van der Waals surface area contributed by atoms with Crippen molar-refractivity contribution in [2.75, 3.05) is 39.9 Å². The van der Waals surface area contributed by atoms with E-state index in [4.69, 9.17) is 4.74 Å². The molecule has 0 spiro atoms. The molecule has 1 aliphatic heterocycles. The predicted molar refractivity (Wildman–Crippen MR) is 68.8 cm³/mol. The summed E-state index contributed by atoms with van der Waals surface area (Å²) < 4.78 is 5.18. The summed E-state index contributed by atoms with van der Waals surface area (Å²) in [6.07, 6.45) is 1.13. The molecule has 0 aromatic rings. The molecule has 96 valence electrons. The van der Waals surface area contributed by atoms with E-state index in [-0.39, 0.29) is 5.54 Å². The number of methoxy groups -OCH3 is 1. The molecule has 1 rings (SSSR count). The van der Waals surface area contributed by atoms with Gasteiger partial charge in [0.05, 0.1) is 0 Å². The van der Waals surface area contributed by atoms with Crippen LogP contribution < -0.4 is 5.32 Å². The van der Waals surface area contributed by atoms with Crippen molar-refractivity contribution in [2.45, 2.75) is 39.7 Å². The van der Waals surface area contributed by atoms with Crippen molar-refractivity contribution in [2.24, 2.45) is 5.41 Å². The average molecular weight is 228 g/mol. The van der Waals surface area contributed by atoms with Crippen molar-refractivity contribution >= 4 is 0 Å². The van der Waals surface area contributed by atoms with Crippen molar-refractivity contribution in [1.29, 1.82) is 0 Å². The third kappa shape index (κ3) is 4.81. The van der Waals surface area contributed by atoms with E-state index in [2.05, 4.69) is 37.9 Å². The maximum absolute atomic E-state index is 5.18. The van der Waals surface area contributed by atoms with Crippen LogP contribution in [0.4, 0.5) is 0 Å². The van der Waals surface area contributed by atoms with Gasteiger partial charge in [-0.15, -0.1) is 0 Å². The fourth-order valence-corrected chi connectivity index (χ4v) is 2.44. The van der Waals surface area contributed by atoms with Crippen LogP contribution in [0.3, 0.4) is 0 Å². The van der Waals surface area contributed by atoms with Crippen LogP contribution in [0.1, 0.15) is 34.1 Å². The van der Waals surface area contributed by atoms with Crippen molar-refractivity contribution in [1.82, 2.24) is 10.2 Å². The van der Waals surface area contributed by atoms with Crippen molar-refractivity contribution in [3.8, 4) is 0 Å². The Morgan fingerprint density at radius 1 is 1.38 bits per heavy atom. The van der Waals surface area contributed by atoms with Crippen LogP contribution in [0.5, 0.6) is 0 Å². The van der Waals surface area contributed by atoms with Crippen molar-refractivity contribution in [3.05, 3.63) is 0 Å². The molecule has 0 saturated carbocycles. The van der Waals surface area contributed by atoms with Crippen LogP contribution in [0, 0.1) is 5.41 Å². The second-order valence-corrected chi connectivity index (χ2v) is 6.43. The molecule has 16 heavy (non-hydrogen) atoms. The summed E-state index contributed by atoms with van der Waals surface area (Å²) in [6.45, 7) is 14.7. The fourth-order valence-electron chi connectivity index (χ4n) is 2.44. The van der Waals surface area contributed by atoms with E-state index in [0.29, 0.717) is 5.41 Å². The Labute approximate surface area is 101 Å². The Bertz CT molecular complexity index is 214. The molecule has 0 bridgehead atoms. The van der Waals surface area contributed by atoms with Gasteiger partial charge in [-0.3, -0.25) is 4.90 Å². The van der Waals surface area contributed by atoms with E-state index in [9.17, 15) is 0 Å². The lowest BCUT2D eigenvalue weighted by molar-refractivity contribution is 0.0836. The SMILES string of the molecule is COCCC(C)(C)CN1CCNC(C)(C)C1. The first-order valence-corrected chi connectivity index (χ1v) is 6.31. The summed E-state index contributed by atoms with van der Waals surface area (Å²) in [7, 11) is 1.78. The molecule has 0 aliphatic carbocycles. The molecule has 1 N–H and O–H groups in total. The molecule has 0 radical (unpaired) electrons. The molecular weight excluding hydrogens is 200 g/mol. The molecule has 1 aliphatic rings. The third-order valence-corrected chi connectivity index (χ3v) is 3.29. The van der Waals surface area contributed by atoms with Crippen molar-refractivity contribution < 1.29 is 4.74 Å². The summed E-state index contributed by atoms with van der Waals surface area (Å²) >= 11 is 0. The lowest BCUT2D eigenvalue weighted by Gasteiger charge is -2.42. The van der Waals surface area contributed by atoms with E-state index in [1.807, 2.05) is 0 Å². The Morgan fingerprint density at radius 3 is 2.62 bits per heavy atom. The first-order chi connectivity index (χ1) is 7.35. The van der Waals surface area contributed by atoms with Gasteiger partial charge < -0.3 is 10.1 Å². The van der Waals surface area contributed by atoms with Gasteiger partial charge >= 0.3 is 0 Å². The maximum Gasteiger partial charge on any atom is 0.0467 e. The zero-order valence-corrected chi connectivity index (χ0v) is 11.6. The number of nitrogens with zero attached hydrogens (tertiary/aromatic N) is 1. The van der Waals surface area contributed by atoms with E-state index in [1.54, 1.807) is 7.11 Å². The smallest absolute Gasteiger partial charge is 0.0467 e. The van der Waals surface area contributed by atoms with E-state index in [1.165, 1.54) is 13.1 Å². The molecular formula is C13H28N2O. The minimum Gasteiger partial charge on any atom is -0.385 e. The van der Waals surface area contributed by atoms with Gasteiger partial charge in [-0.1, -0.05) is 13.8 Å². The predicted octanol–water partition coefficient (Wildman–Crippen LogP) is 1.73. The molecule has 1 saturated heterocycles. The van der Waals surface area contributed by atoms with Gasteiger partial charge in [-0.2, -0.15) is 0 Å². The van der Waals surface area contributed by atoms with Gasteiger partial charge in [-0.05, 0) is 25.7 Å². The van der Waals surface area contributed by atoms with Gasteiger partial charge in [0.2, 0.25) is 0 Å². The van der Waals surface area contributed by atoms with Crippen LogP contribution in [0.15, 0.2) is 0 Å². The highest BCUT2D eigenvalue weighted by molar-refractivity contribution is 4.88. The molecule has 0 unspecified atom stereocenters. The number of hydrogen-bond donors (Lipinski definition) is 1. The molecule has 1 fully saturated rings. The normalized spacial score (nSPS) is 22.3. The van der Waals surface area contributed by atoms with E-state index in [0.717, 1.165) is 26.1 Å². The second kappa shape index (κ2) is 5.48. The average Bonchev–Trinajstić information content (AvgIpc) is 2.12. The number of nitrogens with one attached hydrogen (secondary N) is 1. The quantitative estimate of drug-likeness (QED) is 0.775. The Hall–Kier alpha value is -0.120. The summed E-state index contributed by atoms with van der Waals surface area (Å²) in [4.78, 5) is 2.58. The minimum absolute atomic E-state index is 0.260. The molecule has 0 aromatic carbocycles. The van der Waals surface area contributed by atoms with E-state index < -0.39 is 0 Å². The zero-order chi connectivity index (χ0) is 12.2. The van der Waals surface area contributed by atoms with Crippen LogP contribution in [-0.4, -0.2) is 50.3 Å². The lowest BCUT2D eigenvalue weighted by atomic mass is 9.88. The Balaban J connectivity index is 2.40. The van der Waals surface area contributed by atoms with Gasteiger partial charge in [0, 0.05) is 45.4 Å². The largest absolute Gasteiger partial charge is 0.385 e. The molecule has 3 nitrogen and oxygen atoms in total. The summed E-state index contributed by atoms with van der Waals surface area (Å²) in [5.74, 6) is 0. The summed E-state index contributed by atoms with van der Waals surface area (Å²) in [6, 6.07) is 0. The minimum atomic E-state index is 0.260. The molecule has 0 atom stereocenters. The highest BCUT2D eigenvalue weighted by Gasteiger charge is 2.29. The highest BCUT2D eigenvalue weighted by Crippen LogP contribution is 2.23. The van der Waals surface area contributed by atoms with Crippen LogP contribution in [-0.2, 0) is 4.74 Å². The van der Waals surface area contributed by atoms with Gasteiger partial charge in [-0.25, -0.2) is 0 Å². The van der Waals surface area contributed by atoms with Gasteiger partial charge in [0.15, 0.2) is 0 Å². The first-order valence-electron chi connectivity index (χ1n) is 6.31. The maximum atomic E-state index is 5.18. The zero-order valence-electron chi connectivity index (χ0n) is 11.6. The molecule has 1 heterocycles. The lowest BCUT2D eigenvalue weighted by Crippen LogP contribution is -2.58. The molecule has 0 aromatic heterocycles. The number of piperazine rings is 1. The second-order valence-electron chi connectivity index (χ2n) is 6.43. The number of ether oxygens (including phenoxy) is 1. The topological polar surface area (TPSA) is 24.5 Å². The Morgan fingerprint density at radius 2 is 2.06 bits per heavy atom. The summed E-state index contributed by atoms with van der Waals surface area (Å²) in [5.41, 5.74) is 0.610. The van der Waals surface area contributed by atoms with Crippen LogP contribution >= 0.6 is 0 Å². The molecule has 0 amide bonds. The first kappa shape index (κ1) is 13.9. The Kier molecular flexibility index (Phi) is 4.77. The highest BCUT2D eigenvalue weighted by atomic mass is 16.5. The summed E-state index contributed by atoms with van der Waals surface area (Å²) in [5, 5.41) is 3.55. The van der Waals surface area contributed by atoms with Gasteiger partial charge in [0.1, 0.15) is 0 Å². The van der Waals surface area contributed by atoms with Gasteiger partial charge in [0.25, 0.3) is 0 Å². The number of rotatable bonds is 5. The van der Waals surface area contributed by atoms with Crippen molar-refractivity contribution in [3.63, 3.8) is 0 Å².